The molecule has 7 nitrogen and oxygen atoms in total. The van der Waals surface area contributed by atoms with E-state index in [9.17, 15) is 19.7 Å². The molecule has 0 aliphatic heterocycles. The highest BCUT2D eigenvalue weighted by molar-refractivity contribution is 6.31. The Hall–Kier alpha value is -2.15. The third-order valence-corrected chi connectivity index (χ3v) is 3.02. The van der Waals surface area contributed by atoms with Gasteiger partial charge in [-0.1, -0.05) is 32.4 Å². The van der Waals surface area contributed by atoms with Crippen molar-refractivity contribution in [2.24, 2.45) is 5.41 Å². The molecule has 0 saturated carbocycles. The first-order valence-electron chi connectivity index (χ1n) is 6.01. The van der Waals surface area contributed by atoms with Crippen LogP contribution in [-0.4, -0.2) is 27.9 Å². The number of amides is 1. The average Bonchev–Trinajstić information content (AvgIpc) is 2.33. The van der Waals surface area contributed by atoms with E-state index in [-0.39, 0.29) is 10.6 Å². The van der Waals surface area contributed by atoms with E-state index in [2.05, 4.69) is 5.32 Å². The van der Waals surface area contributed by atoms with Gasteiger partial charge < -0.3 is 10.4 Å². The number of hydrogen-bond acceptors (Lipinski definition) is 4. The van der Waals surface area contributed by atoms with Gasteiger partial charge in [-0.25, -0.2) is 4.79 Å². The first kappa shape index (κ1) is 16.9. The molecule has 8 heteroatoms. The molecule has 1 unspecified atom stereocenters. The molecule has 0 bridgehead atoms. The van der Waals surface area contributed by atoms with Crippen LogP contribution in [0.4, 0.5) is 5.69 Å². The van der Waals surface area contributed by atoms with Crippen LogP contribution in [0.15, 0.2) is 18.2 Å². The van der Waals surface area contributed by atoms with Crippen LogP contribution in [-0.2, 0) is 4.79 Å². The van der Waals surface area contributed by atoms with Crippen LogP contribution < -0.4 is 5.32 Å². The summed E-state index contributed by atoms with van der Waals surface area (Å²) in [6.45, 7) is 4.92. The Kier molecular flexibility index (Phi) is 4.90. The fourth-order valence-electron chi connectivity index (χ4n) is 1.71. The van der Waals surface area contributed by atoms with Crippen LogP contribution >= 0.6 is 11.6 Å². The molecule has 0 heterocycles. The van der Waals surface area contributed by atoms with Crippen molar-refractivity contribution >= 4 is 29.2 Å². The number of nitrogens with zero attached hydrogens (tertiary/aromatic N) is 1. The highest BCUT2D eigenvalue weighted by Crippen LogP contribution is 2.25. The molecule has 0 spiro atoms. The molecule has 21 heavy (non-hydrogen) atoms. The predicted octanol–water partition coefficient (Wildman–Crippen LogP) is 2.48. The number of halogens is 1. The molecule has 1 rings (SSSR count). The summed E-state index contributed by atoms with van der Waals surface area (Å²) < 4.78 is 0. The van der Waals surface area contributed by atoms with Gasteiger partial charge in [-0.15, -0.1) is 0 Å². The monoisotopic (exact) mass is 314 g/mol. The summed E-state index contributed by atoms with van der Waals surface area (Å²) in [6, 6.07) is 2.39. The van der Waals surface area contributed by atoms with Crippen molar-refractivity contribution in [1.82, 2.24) is 5.32 Å². The fraction of sp³-hybridized carbons (Fsp3) is 0.385. The minimum Gasteiger partial charge on any atom is -0.480 e. The Balaban J connectivity index is 3.15. The molecular weight excluding hydrogens is 300 g/mol. The Bertz CT molecular complexity index is 595. The summed E-state index contributed by atoms with van der Waals surface area (Å²) in [7, 11) is 0. The lowest BCUT2D eigenvalue weighted by atomic mass is 9.86. The molecule has 0 aromatic heterocycles. The summed E-state index contributed by atoms with van der Waals surface area (Å²) in [6.07, 6.45) is 0. The third kappa shape index (κ3) is 4.16. The normalized spacial score (nSPS) is 12.6. The van der Waals surface area contributed by atoms with Crippen LogP contribution in [0.25, 0.3) is 0 Å². The number of nitro benzene ring substituents is 1. The molecule has 1 aromatic carbocycles. The number of nitro groups is 1. The van der Waals surface area contributed by atoms with Gasteiger partial charge >= 0.3 is 5.97 Å². The van der Waals surface area contributed by atoms with Crippen molar-refractivity contribution in [3.8, 4) is 0 Å². The summed E-state index contributed by atoms with van der Waals surface area (Å²) in [4.78, 5) is 33.5. The zero-order valence-corrected chi connectivity index (χ0v) is 12.5. The number of aliphatic carboxylic acids is 1. The SMILES string of the molecule is CC(C)(C)C(NC(=O)c1ccc(Cl)cc1[N+](=O)[O-])C(=O)O. The van der Waals surface area contributed by atoms with Crippen LogP contribution in [0.3, 0.4) is 0 Å². The fourth-order valence-corrected chi connectivity index (χ4v) is 1.87. The van der Waals surface area contributed by atoms with Crippen molar-refractivity contribution in [3.63, 3.8) is 0 Å². The summed E-state index contributed by atoms with van der Waals surface area (Å²) in [5.41, 5.74) is -1.46. The van der Waals surface area contributed by atoms with Gasteiger partial charge in [0.15, 0.2) is 0 Å². The van der Waals surface area contributed by atoms with Gasteiger partial charge in [0.05, 0.1) is 4.92 Å². The molecule has 0 radical (unpaired) electrons. The number of benzene rings is 1. The Morgan fingerprint density at radius 3 is 2.38 bits per heavy atom. The number of carboxylic acids is 1. The lowest BCUT2D eigenvalue weighted by molar-refractivity contribution is -0.385. The summed E-state index contributed by atoms with van der Waals surface area (Å²) >= 11 is 5.66. The largest absolute Gasteiger partial charge is 0.480 e. The molecule has 1 aromatic rings. The number of hydrogen-bond donors (Lipinski definition) is 2. The van der Waals surface area contributed by atoms with E-state index in [1.165, 1.54) is 12.1 Å². The Morgan fingerprint density at radius 2 is 1.95 bits per heavy atom. The summed E-state index contributed by atoms with van der Waals surface area (Å²) in [5, 5.41) is 22.5. The highest BCUT2D eigenvalue weighted by Gasteiger charge is 2.34. The second-order valence-electron chi connectivity index (χ2n) is 5.53. The maximum atomic E-state index is 12.1. The lowest BCUT2D eigenvalue weighted by Crippen LogP contribution is -2.49. The maximum Gasteiger partial charge on any atom is 0.326 e. The molecular formula is C13H15ClN2O5. The number of nitrogens with one attached hydrogen (secondary N) is 1. The molecule has 0 aliphatic carbocycles. The van der Waals surface area contributed by atoms with E-state index >= 15 is 0 Å². The Morgan fingerprint density at radius 1 is 1.38 bits per heavy atom. The van der Waals surface area contributed by atoms with Crippen molar-refractivity contribution < 1.29 is 19.6 Å². The average molecular weight is 315 g/mol. The zero-order chi connectivity index (χ0) is 16.4. The van der Waals surface area contributed by atoms with E-state index in [0.717, 1.165) is 6.07 Å². The van der Waals surface area contributed by atoms with Crippen molar-refractivity contribution in [1.29, 1.82) is 0 Å². The summed E-state index contributed by atoms with van der Waals surface area (Å²) in [5.74, 6) is -2.05. The molecule has 114 valence electrons. The van der Waals surface area contributed by atoms with Gasteiger partial charge in [0.1, 0.15) is 11.6 Å². The number of carbonyl (C=O) groups excluding carboxylic acids is 1. The van der Waals surface area contributed by atoms with E-state index in [4.69, 9.17) is 16.7 Å². The predicted molar refractivity (Wildman–Crippen MR) is 76.5 cm³/mol. The van der Waals surface area contributed by atoms with Crippen molar-refractivity contribution in [2.45, 2.75) is 26.8 Å². The highest BCUT2D eigenvalue weighted by atomic mass is 35.5. The van der Waals surface area contributed by atoms with E-state index in [0.29, 0.717) is 0 Å². The minimum absolute atomic E-state index is 0.115. The molecule has 1 atom stereocenters. The first-order valence-corrected chi connectivity index (χ1v) is 6.39. The molecule has 0 fully saturated rings. The van der Waals surface area contributed by atoms with Gasteiger partial charge in [-0.2, -0.15) is 0 Å². The lowest BCUT2D eigenvalue weighted by Gasteiger charge is -2.27. The number of rotatable bonds is 4. The standard InChI is InChI=1S/C13H15ClN2O5/c1-13(2,3)10(12(18)19)15-11(17)8-5-4-7(14)6-9(8)16(20)21/h4-6,10H,1-3H3,(H,15,17)(H,18,19). The van der Waals surface area contributed by atoms with Crippen molar-refractivity contribution in [2.75, 3.05) is 0 Å². The number of carboxylic acid groups (broad SMARTS) is 1. The molecule has 2 N–H and O–H groups in total. The Labute approximate surface area is 126 Å². The topological polar surface area (TPSA) is 110 Å². The van der Waals surface area contributed by atoms with E-state index in [1.807, 2.05) is 0 Å². The number of carbonyl (C=O) groups is 2. The molecule has 0 saturated heterocycles. The van der Waals surface area contributed by atoms with Gasteiger partial charge in [-0.3, -0.25) is 14.9 Å². The van der Waals surface area contributed by atoms with E-state index in [1.54, 1.807) is 20.8 Å². The van der Waals surface area contributed by atoms with Crippen LogP contribution in [0.5, 0.6) is 0 Å². The van der Waals surface area contributed by atoms with Gasteiger partial charge in [0.25, 0.3) is 11.6 Å². The van der Waals surface area contributed by atoms with Gasteiger partial charge in [0, 0.05) is 11.1 Å². The second kappa shape index (κ2) is 6.09. The third-order valence-electron chi connectivity index (χ3n) is 2.79. The smallest absolute Gasteiger partial charge is 0.326 e. The van der Waals surface area contributed by atoms with E-state index < -0.39 is 33.9 Å². The minimum atomic E-state index is -1.22. The van der Waals surface area contributed by atoms with Gasteiger partial charge in [-0.05, 0) is 17.5 Å². The van der Waals surface area contributed by atoms with Crippen molar-refractivity contribution in [3.05, 3.63) is 38.9 Å². The van der Waals surface area contributed by atoms with Gasteiger partial charge in [0.2, 0.25) is 0 Å². The molecule has 0 aliphatic rings. The quantitative estimate of drug-likeness (QED) is 0.655. The van der Waals surface area contributed by atoms with Crippen LogP contribution in [0, 0.1) is 15.5 Å². The van der Waals surface area contributed by atoms with Crippen LogP contribution in [0.1, 0.15) is 31.1 Å². The molecule has 1 amide bonds. The maximum absolute atomic E-state index is 12.1. The zero-order valence-electron chi connectivity index (χ0n) is 11.7. The second-order valence-corrected chi connectivity index (χ2v) is 5.97. The first-order chi connectivity index (χ1) is 9.54. The van der Waals surface area contributed by atoms with Crippen LogP contribution in [0.2, 0.25) is 5.02 Å².